The predicted octanol–water partition coefficient (Wildman–Crippen LogP) is 2.18. The first-order valence-corrected chi connectivity index (χ1v) is 8.96. The highest BCUT2D eigenvalue weighted by atomic mass is 32.2. The lowest BCUT2D eigenvalue weighted by molar-refractivity contribution is 0.566. The van der Waals surface area contributed by atoms with Crippen molar-refractivity contribution in [2.75, 3.05) is 0 Å². The molecule has 0 aliphatic carbocycles. The molecule has 2 aromatic carbocycles. The zero-order valence-corrected chi connectivity index (χ0v) is 14.2. The summed E-state index contributed by atoms with van der Waals surface area (Å²) in [5.74, 6) is 0. The lowest BCUT2D eigenvalue weighted by Gasteiger charge is -2.15. The largest absolute Gasteiger partial charge is 0.242 e. The van der Waals surface area contributed by atoms with Gasteiger partial charge in [-0.05, 0) is 36.8 Å². The molecule has 25 heavy (non-hydrogen) atoms. The van der Waals surface area contributed by atoms with Crippen LogP contribution in [0.4, 0.5) is 0 Å². The van der Waals surface area contributed by atoms with Gasteiger partial charge < -0.3 is 0 Å². The molecular weight excluding hydrogens is 338 g/mol. The van der Waals surface area contributed by atoms with Gasteiger partial charge in [0.05, 0.1) is 16.1 Å². The van der Waals surface area contributed by atoms with Crippen LogP contribution >= 0.6 is 0 Å². The van der Waals surface area contributed by atoms with E-state index in [9.17, 15) is 8.42 Å². The van der Waals surface area contributed by atoms with Crippen LogP contribution < -0.4 is 4.72 Å². The van der Waals surface area contributed by atoms with Gasteiger partial charge in [0.15, 0.2) is 0 Å². The summed E-state index contributed by atoms with van der Waals surface area (Å²) in [7, 11) is -3.80. The third-order valence-electron chi connectivity index (χ3n) is 3.71. The Bertz CT molecular complexity index is 1010. The van der Waals surface area contributed by atoms with Crippen LogP contribution in [-0.2, 0) is 10.0 Å². The van der Waals surface area contributed by atoms with Crippen molar-refractivity contribution >= 4 is 10.0 Å². The number of nitrogens with one attached hydrogen (secondary N) is 1. The number of sulfonamides is 1. The standard InChI is InChI=1S/C17H15N5O2S/c1-13(14-6-8-16(9-7-14)22-12-19-11-20-22)21-25(23,24)17-5-3-2-4-15(17)10-18/h2-9,11-13,21H,1H3/t13-/m1/s1. The SMILES string of the molecule is C[C@@H](NS(=O)(=O)c1ccccc1C#N)c1ccc(-n2cncn2)cc1. The highest BCUT2D eigenvalue weighted by molar-refractivity contribution is 7.89. The first kappa shape index (κ1) is 16.8. The minimum atomic E-state index is -3.80. The van der Waals surface area contributed by atoms with E-state index in [1.807, 2.05) is 30.3 Å². The molecule has 0 fully saturated rings. The summed E-state index contributed by atoms with van der Waals surface area (Å²) in [4.78, 5) is 3.86. The van der Waals surface area contributed by atoms with E-state index in [0.29, 0.717) is 0 Å². The summed E-state index contributed by atoms with van der Waals surface area (Å²) in [5, 5.41) is 13.1. The Balaban J connectivity index is 1.82. The van der Waals surface area contributed by atoms with Crippen molar-refractivity contribution < 1.29 is 8.42 Å². The molecule has 1 atom stereocenters. The fourth-order valence-corrected chi connectivity index (χ4v) is 3.80. The monoisotopic (exact) mass is 353 g/mol. The smallest absolute Gasteiger partial charge is 0.223 e. The van der Waals surface area contributed by atoms with Crippen molar-refractivity contribution in [3.8, 4) is 11.8 Å². The molecule has 0 aliphatic heterocycles. The van der Waals surface area contributed by atoms with Gasteiger partial charge >= 0.3 is 0 Å². The first-order valence-electron chi connectivity index (χ1n) is 7.48. The second-order valence-corrected chi connectivity index (χ2v) is 7.06. The summed E-state index contributed by atoms with van der Waals surface area (Å²) in [6, 6.07) is 14.9. The number of rotatable bonds is 5. The highest BCUT2D eigenvalue weighted by Crippen LogP contribution is 2.20. The van der Waals surface area contributed by atoms with Gasteiger partial charge in [-0.25, -0.2) is 22.8 Å². The molecular formula is C17H15N5O2S. The Morgan fingerprint density at radius 2 is 1.88 bits per heavy atom. The topological polar surface area (TPSA) is 101 Å². The maximum Gasteiger partial charge on any atom is 0.242 e. The van der Waals surface area contributed by atoms with E-state index in [1.165, 1.54) is 18.5 Å². The van der Waals surface area contributed by atoms with E-state index in [-0.39, 0.29) is 10.5 Å². The minimum absolute atomic E-state index is 0.0245. The van der Waals surface area contributed by atoms with Gasteiger partial charge in [0.25, 0.3) is 0 Å². The Morgan fingerprint density at radius 1 is 1.16 bits per heavy atom. The van der Waals surface area contributed by atoms with Crippen LogP contribution in [0, 0.1) is 11.3 Å². The number of hydrogen-bond acceptors (Lipinski definition) is 5. The van der Waals surface area contributed by atoms with E-state index in [0.717, 1.165) is 11.3 Å². The Hall–Kier alpha value is -3.02. The molecule has 1 aromatic heterocycles. The fraction of sp³-hybridized carbons (Fsp3) is 0.118. The zero-order chi connectivity index (χ0) is 17.9. The van der Waals surface area contributed by atoms with Gasteiger partial charge in [0, 0.05) is 6.04 Å². The number of nitriles is 1. The minimum Gasteiger partial charge on any atom is -0.223 e. The maximum atomic E-state index is 12.6. The van der Waals surface area contributed by atoms with Gasteiger partial charge in [-0.2, -0.15) is 10.4 Å². The Kier molecular flexibility index (Phi) is 4.61. The molecule has 0 radical (unpaired) electrons. The maximum absolute atomic E-state index is 12.6. The number of nitrogens with zero attached hydrogens (tertiary/aromatic N) is 4. The Morgan fingerprint density at radius 3 is 2.52 bits per heavy atom. The molecule has 1 heterocycles. The number of aromatic nitrogens is 3. The molecule has 0 unspecified atom stereocenters. The van der Waals surface area contributed by atoms with Crippen molar-refractivity contribution in [2.24, 2.45) is 0 Å². The van der Waals surface area contributed by atoms with Crippen LogP contribution in [0.1, 0.15) is 24.1 Å². The Labute approximate surface area is 145 Å². The molecule has 0 saturated carbocycles. The lowest BCUT2D eigenvalue weighted by Crippen LogP contribution is -2.27. The second kappa shape index (κ2) is 6.84. The van der Waals surface area contributed by atoms with Crippen molar-refractivity contribution in [1.82, 2.24) is 19.5 Å². The summed E-state index contributed by atoms with van der Waals surface area (Å²) < 4.78 is 29.3. The van der Waals surface area contributed by atoms with E-state index in [2.05, 4.69) is 14.8 Å². The average Bonchev–Trinajstić information content (AvgIpc) is 3.16. The summed E-state index contributed by atoms with van der Waals surface area (Å²) in [6.45, 7) is 1.75. The van der Waals surface area contributed by atoms with Crippen LogP contribution in [0.5, 0.6) is 0 Å². The molecule has 3 rings (SSSR count). The highest BCUT2D eigenvalue weighted by Gasteiger charge is 2.21. The predicted molar refractivity (Wildman–Crippen MR) is 91.3 cm³/mol. The zero-order valence-electron chi connectivity index (χ0n) is 13.4. The quantitative estimate of drug-likeness (QED) is 0.757. The van der Waals surface area contributed by atoms with Crippen molar-refractivity contribution in [2.45, 2.75) is 17.9 Å². The van der Waals surface area contributed by atoms with Crippen molar-refractivity contribution in [3.05, 3.63) is 72.3 Å². The average molecular weight is 353 g/mol. The molecule has 0 saturated heterocycles. The van der Waals surface area contributed by atoms with Crippen LogP contribution in [0.3, 0.4) is 0 Å². The molecule has 126 valence electrons. The molecule has 0 spiro atoms. The van der Waals surface area contributed by atoms with Crippen LogP contribution in [-0.4, -0.2) is 23.2 Å². The van der Waals surface area contributed by atoms with Gasteiger partial charge in [-0.3, -0.25) is 0 Å². The third kappa shape index (κ3) is 3.57. The van der Waals surface area contributed by atoms with E-state index < -0.39 is 16.1 Å². The number of hydrogen-bond donors (Lipinski definition) is 1. The van der Waals surface area contributed by atoms with Crippen molar-refractivity contribution in [3.63, 3.8) is 0 Å². The molecule has 8 heteroatoms. The fourth-order valence-electron chi connectivity index (χ4n) is 2.41. The van der Waals surface area contributed by atoms with E-state index >= 15 is 0 Å². The first-order chi connectivity index (χ1) is 12.0. The van der Waals surface area contributed by atoms with Gasteiger partial charge in [0.2, 0.25) is 10.0 Å². The lowest BCUT2D eigenvalue weighted by atomic mass is 10.1. The second-order valence-electron chi connectivity index (χ2n) is 5.38. The van der Waals surface area contributed by atoms with Crippen LogP contribution in [0.25, 0.3) is 5.69 Å². The molecule has 0 bridgehead atoms. The molecule has 7 nitrogen and oxygen atoms in total. The molecule has 3 aromatic rings. The summed E-state index contributed by atoms with van der Waals surface area (Å²) in [5.41, 5.74) is 1.73. The molecule has 0 aliphatic rings. The van der Waals surface area contributed by atoms with E-state index in [4.69, 9.17) is 5.26 Å². The van der Waals surface area contributed by atoms with Gasteiger partial charge in [-0.15, -0.1) is 0 Å². The summed E-state index contributed by atoms with van der Waals surface area (Å²) >= 11 is 0. The number of benzene rings is 2. The molecule has 1 N–H and O–H groups in total. The normalized spacial score (nSPS) is 12.5. The van der Waals surface area contributed by atoms with Crippen LogP contribution in [0.15, 0.2) is 66.1 Å². The van der Waals surface area contributed by atoms with Gasteiger partial charge in [0.1, 0.15) is 18.7 Å². The van der Waals surface area contributed by atoms with Crippen molar-refractivity contribution in [1.29, 1.82) is 5.26 Å². The van der Waals surface area contributed by atoms with Gasteiger partial charge in [-0.1, -0.05) is 24.3 Å². The molecule has 0 amide bonds. The van der Waals surface area contributed by atoms with E-state index in [1.54, 1.807) is 30.1 Å². The van der Waals surface area contributed by atoms with Crippen LogP contribution in [0.2, 0.25) is 0 Å². The summed E-state index contributed by atoms with van der Waals surface area (Å²) in [6.07, 6.45) is 3.03. The third-order valence-corrected chi connectivity index (χ3v) is 5.30.